The van der Waals surface area contributed by atoms with E-state index in [1.54, 1.807) is 14.2 Å². The molecular formula is C15H23NO3. The minimum absolute atomic E-state index is 0.0248. The Bertz CT molecular complexity index is 404. The summed E-state index contributed by atoms with van der Waals surface area (Å²) < 4.78 is 16.3. The van der Waals surface area contributed by atoms with Crippen LogP contribution >= 0.6 is 0 Å². The molecule has 0 saturated heterocycles. The lowest BCUT2D eigenvalue weighted by Gasteiger charge is -2.18. The molecule has 1 unspecified atom stereocenters. The molecule has 4 nitrogen and oxygen atoms in total. The number of methoxy groups -OCH3 is 2. The van der Waals surface area contributed by atoms with E-state index in [9.17, 15) is 0 Å². The number of hydrogen-bond acceptors (Lipinski definition) is 4. The van der Waals surface area contributed by atoms with Gasteiger partial charge in [0.05, 0.1) is 13.7 Å². The lowest BCUT2D eigenvalue weighted by Crippen LogP contribution is -2.21. The predicted molar refractivity (Wildman–Crippen MR) is 74.8 cm³/mol. The topological polar surface area (TPSA) is 39.7 Å². The standard InChI is InChI=1S/C15H23NO3/c1-11(10-17-2)19-15-8-14(18-3)7-4-12(15)9-16-13-5-6-13/h4,7-8,11,13,16H,5-6,9-10H2,1-3H3. The van der Waals surface area contributed by atoms with Gasteiger partial charge in [-0.1, -0.05) is 6.07 Å². The highest BCUT2D eigenvalue weighted by atomic mass is 16.5. The van der Waals surface area contributed by atoms with Gasteiger partial charge in [0.2, 0.25) is 0 Å². The van der Waals surface area contributed by atoms with Gasteiger partial charge in [-0.3, -0.25) is 0 Å². The molecule has 19 heavy (non-hydrogen) atoms. The van der Waals surface area contributed by atoms with Crippen LogP contribution in [0.5, 0.6) is 11.5 Å². The predicted octanol–water partition coefficient (Wildman–Crippen LogP) is 2.36. The van der Waals surface area contributed by atoms with Crippen molar-refractivity contribution in [1.29, 1.82) is 0 Å². The zero-order chi connectivity index (χ0) is 13.7. The van der Waals surface area contributed by atoms with Crippen LogP contribution in [0.15, 0.2) is 18.2 Å². The van der Waals surface area contributed by atoms with Gasteiger partial charge in [0.15, 0.2) is 0 Å². The van der Waals surface area contributed by atoms with Crippen LogP contribution in [0.2, 0.25) is 0 Å². The Labute approximate surface area is 115 Å². The Kier molecular flexibility index (Phi) is 5.05. The van der Waals surface area contributed by atoms with Crippen molar-refractivity contribution >= 4 is 0 Å². The largest absolute Gasteiger partial charge is 0.497 e. The molecular weight excluding hydrogens is 242 g/mol. The molecule has 1 fully saturated rings. The summed E-state index contributed by atoms with van der Waals surface area (Å²) in [5.41, 5.74) is 1.16. The van der Waals surface area contributed by atoms with Crippen LogP contribution in [0.1, 0.15) is 25.3 Å². The van der Waals surface area contributed by atoms with Gasteiger partial charge >= 0.3 is 0 Å². The maximum absolute atomic E-state index is 5.94. The molecule has 0 amide bonds. The smallest absolute Gasteiger partial charge is 0.128 e. The van der Waals surface area contributed by atoms with Gasteiger partial charge in [-0.25, -0.2) is 0 Å². The van der Waals surface area contributed by atoms with Gasteiger partial charge in [-0.2, -0.15) is 0 Å². The van der Waals surface area contributed by atoms with Crippen LogP contribution < -0.4 is 14.8 Å². The first-order valence-electron chi connectivity index (χ1n) is 6.79. The molecule has 0 aliphatic heterocycles. The summed E-state index contributed by atoms with van der Waals surface area (Å²) in [6, 6.07) is 6.66. The highest BCUT2D eigenvalue weighted by Gasteiger charge is 2.21. The van der Waals surface area contributed by atoms with Crippen LogP contribution in [0.3, 0.4) is 0 Å². The third-order valence-corrected chi connectivity index (χ3v) is 3.16. The minimum atomic E-state index is 0.0248. The molecule has 1 aromatic carbocycles. The van der Waals surface area contributed by atoms with Crippen molar-refractivity contribution in [3.05, 3.63) is 23.8 Å². The Balaban J connectivity index is 2.05. The van der Waals surface area contributed by atoms with E-state index in [0.29, 0.717) is 12.6 Å². The highest BCUT2D eigenvalue weighted by molar-refractivity contribution is 5.41. The van der Waals surface area contributed by atoms with Crippen molar-refractivity contribution < 1.29 is 14.2 Å². The number of hydrogen-bond donors (Lipinski definition) is 1. The fourth-order valence-corrected chi connectivity index (χ4v) is 1.94. The molecule has 0 bridgehead atoms. The average molecular weight is 265 g/mol. The number of benzene rings is 1. The third-order valence-electron chi connectivity index (χ3n) is 3.16. The molecule has 106 valence electrons. The molecule has 1 atom stereocenters. The number of ether oxygens (including phenoxy) is 3. The zero-order valence-electron chi connectivity index (χ0n) is 11.9. The first kappa shape index (κ1) is 14.2. The summed E-state index contributed by atoms with van der Waals surface area (Å²) in [6.45, 7) is 3.41. The Morgan fingerprint density at radius 1 is 1.32 bits per heavy atom. The van der Waals surface area contributed by atoms with E-state index in [-0.39, 0.29) is 6.10 Å². The molecule has 1 aliphatic carbocycles. The van der Waals surface area contributed by atoms with E-state index >= 15 is 0 Å². The van der Waals surface area contributed by atoms with Crippen molar-refractivity contribution in [2.75, 3.05) is 20.8 Å². The second kappa shape index (κ2) is 6.78. The van der Waals surface area contributed by atoms with Crippen molar-refractivity contribution in [2.24, 2.45) is 0 Å². The maximum Gasteiger partial charge on any atom is 0.128 e. The van der Waals surface area contributed by atoms with E-state index < -0.39 is 0 Å². The van der Waals surface area contributed by atoms with Gasteiger partial charge < -0.3 is 19.5 Å². The first-order valence-corrected chi connectivity index (χ1v) is 6.79. The van der Waals surface area contributed by atoms with E-state index in [1.807, 2.05) is 19.1 Å². The molecule has 0 heterocycles. The number of rotatable bonds is 8. The molecule has 4 heteroatoms. The van der Waals surface area contributed by atoms with Crippen molar-refractivity contribution in [3.8, 4) is 11.5 Å². The summed E-state index contributed by atoms with van der Waals surface area (Å²) >= 11 is 0. The SMILES string of the molecule is COCC(C)Oc1cc(OC)ccc1CNC1CC1. The van der Waals surface area contributed by atoms with Gasteiger partial charge in [-0.15, -0.1) is 0 Å². The fourth-order valence-electron chi connectivity index (χ4n) is 1.94. The second-order valence-corrected chi connectivity index (χ2v) is 5.01. The maximum atomic E-state index is 5.94. The van der Waals surface area contributed by atoms with Crippen LogP contribution in [-0.2, 0) is 11.3 Å². The molecule has 2 rings (SSSR count). The normalized spacial score (nSPS) is 16.2. The number of nitrogens with one attached hydrogen (secondary N) is 1. The molecule has 0 aromatic heterocycles. The summed E-state index contributed by atoms with van der Waals surface area (Å²) in [7, 11) is 3.35. The Hall–Kier alpha value is -1.26. The fraction of sp³-hybridized carbons (Fsp3) is 0.600. The van der Waals surface area contributed by atoms with Gasteiger partial charge in [0, 0.05) is 31.3 Å². The van der Waals surface area contributed by atoms with Gasteiger partial charge in [0.25, 0.3) is 0 Å². The van der Waals surface area contributed by atoms with Crippen LogP contribution in [0.25, 0.3) is 0 Å². The van der Waals surface area contributed by atoms with Gasteiger partial charge in [0.1, 0.15) is 17.6 Å². The third kappa shape index (κ3) is 4.40. The quantitative estimate of drug-likeness (QED) is 0.783. The van der Waals surface area contributed by atoms with Crippen molar-refractivity contribution in [3.63, 3.8) is 0 Å². The molecule has 0 radical (unpaired) electrons. The van der Waals surface area contributed by atoms with E-state index in [4.69, 9.17) is 14.2 Å². The van der Waals surface area contributed by atoms with Crippen LogP contribution in [0, 0.1) is 0 Å². The Morgan fingerprint density at radius 2 is 2.11 bits per heavy atom. The van der Waals surface area contributed by atoms with E-state index in [1.165, 1.54) is 12.8 Å². The summed E-state index contributed by atoms with van der Waals surface area (Å²) in [5.74, 6) is 1.69. The van der Waals surface area contributed by atoms with E-state index in [0.717, 1.165) is 23.6 Å². The lowest BCUT2D eigenvalue weighted by molar-refractivity contribution is 0.0911. The van der Waals surface area contributed by atoms with Gasteiger partial charge in [-0.05, 0) is 25.8 Å². The minimum Gasteiger partial charge on any atom is -0.497 e. The molecule has 0 spiro atoms. The zero-order valence-corrected chi connectivity index (χ0v) is 11.9. The van der Waals surface area contributed by atoms with Crippen LogP contribution in [-0.4, -0.2) is 33.0 Å². The highest BCUT2D eigenvalue weighted by Crippen LogP contribution is 2.27. The summed E-state index contributed by atoms with van der Waals surface area (Å²) in [6.07, 6.45) is 2.59. The van der Waals surface area contributed by atoms with Crippen molar-refractivity contribution in [2.45, 2.75) is 38.5 Å². The monoisotopic (exact) mass is 265 g/mol. The first-order chi connectivity index (χ1) is 9.22. The molecule has 1 saturated carbocycles. The van der Waals surface area contributed by atoms with Crippen LogP contribution in [0.4, 0.5) is 0 Å². The Morgan fingerprint density at radius 3 is 2.74 bits per heavy atom. The average Bonchev–Trinajstić information content (AvgIpc) is 3.21. The molecule has 1 N–H and O–H groups in total. The second-order valence-electron chi connectivity index (χ2n) is 5.01. The summed E-state index contributed by atoms with van der Waals surface area (Å²) in [5, 5.41) is 3.50. The molecule has 1 aromatic rings. The van der Waals surface area contributed by atoms with E-state index in [2.05, 4.69) is 11.4 Å². The summed E-state index contributed by atoms with van der Waals surface area (Å²) in [4.78, 5) is 0. The van der Waals surface area contributed by atoms with Crippen molar-refractivity contribution in [1.82, 2.24) is 5.32 Å². The lowest BCUT2D eigenvalue weighted by atomic mass is 10.2. The molecule has 1 aliphatic rings.